The molecular weight excluding hydrogens is 198 g/mol. The summed E-state index contributed by atoms with van der Waals surface area (Å²) in [5.74, 6) is 2.74. The lowest BCUT2D eigenvalue weighted by atomic mass is 9.94. The second-order valence-electron chi connectivity index (χ2n) is 5.17. The van der Waals surface area contributed by atoms with Crippen LogP contribution < -0.4 is 5.73 Å². The summed E-state index contributed by atoms with van der Waals surface area (Å²) in [6, 6.07) is 0.289. The van der Waals surface area contributed by atoms with Crippen LogP contribution in [0.3, 0.4) is 0 Å². The van der Waals surface area contributed by atoms with E-state index in [1.54, 1.807) is 0 Å². The van der Waals surface area contributed by atoms with E-state index >= 15 is 0 Å². The SMILES string of the molecule is CCC1CCC(C(N)Cc2nccn2C)C1. The van der Waals surface area contributed by atoms with Crippen molar-refractivity contribution >= 4 is 0 Å². The molecule has 1 aliphatic rings. The maximum absolute atomic E-state index is 6.30. The normalized spacial score (nSPS) is 27.2. The van der Waals surface area contributed by atoms with Crippen LogP contribution in [0.25, 0.3) is 0 Å². The quantitative estimate of drug-likeness (QED) is 0.846. The Kier molecular flexibility index (Phi) is 3.64. The molecule has 2 rings (SSSR count). The zero-order valence-corrected chi connectivity index (χ0v) is 10.4. The molecule has 0 amide bonds. The largest absolute Gasteiger partial charge is 0.338 e. The molecule has 3 heteroatoms. The highest BCUT2D eigenvalue weighted by Crippen LogP contribution is 2.34. The Bertz CT molecular complexity index is 332. The molecule has 1 fully saturated rings. The first-order valence-corrected chi connectivity index (χ1v) is 6.42. The van der Waals surface area contributed by atoms with Gasteiger partial charge < -0.3 is 10.3 Å². The molecule has 1 aliphatic carbocycles. The smallest absolute Gasteiger partial charge is 0.109 e. The van der Waals surface area contributed by atoms with E-state index in [1.807, 2.05) is 19.4 Å². The molecule has 0 radical (unpaired) electrons. The maximum Gasteiger partial charge on any atom is 0.109 e. The highest BCUT2D eigenvalue weighted by atomic mass is 15.0. The average molecular weight is 221 g/mol. The van der Waals surface area contributed by atoms with Gasteiger partial charge in [-0.25, -0.2) is 4.98 Å². The number of aromatic nitrogens is 2. The van der Waals surface area contributed by atoms with E-state index in [0.717, 1.165) is 18.2 Å². The van der Waals surface area contributed by atoms with Crippen LogP contribution >= 0.6 is 0 Å². The molecule has 0 aliphatic heterocycles. The van der Waals surface area contributed by atoms with E-state index in [2.05, 4.69) is 16.5 Å². The molecule has 90 valence electrons. The number of hydrogen-bond acceptors (Lipinski definition) is 2. The van der Waals surface area contributed by atoms with Crippen molar-refractivity contribution in [2.45, 2.75) is 45.1 Å². The lowest BCUT2D eigenvalue weighted by molar-refractivity contribution is 0.398. The summed E-state index contributed by atoms with van der Waals surface area (Å²) < 4.78 is 2.08. The van der Waals surface area contributed by atoms with Crippen molar-refractivity contribution < 1.29 is 0 Å². The first-order valence-electron chi connectivity index (χ1n) is 6.42. The number of aryl methyl sites for hydroxylation is 1. The summed E-state index contributed by atoms with van der Waals surface area (Å²) in [4.78, 5) is 4.35. The molecule has 3 nitrogen and oxygen atoms in total. The van der Waals surface area contributed by atoms with Crippen LogP contribution in [-0.4, -0.2) is 15.6 Å². The van der Waals surface area contributed by atoms with Crippen LogP contribution in [0.1, 0.15) is 38.4 Å². The molecule has 0 bridgehead atoms. The third-order valence-electron chi connectivity index (χ3n) is 4.10. The fraction of sp³-hybridized carbons (Fsp3) is 0.769. The van der Waals surface area contributed by atoms with E-state index < -0.39 is 0 Å². The molecule has 1 aromatic rings. The highest BCUT2D eigenvalue weighted by Gasteiger charge is 2.28. The maximum atomic E-state index is 6.30. The molecule has 16 heavy (non-hydrogen) atoms. The minimum absolute atomic E-state index is 0.289. The third-order valence-corrected chi connectivity index (χ3v) is 4.10. The van der Waals surface area contributed by atoms with Crippen LogP contribution in [0.2, 0.25) is 0 Å². The topological polar surface area (TPSA) is 43.8 Å². The molecule has 0 aromatic carbocycles. The molecule has 1 heterocycles. The van der Waals surface area contributed by atoms with Crippen molar-refractivity contribution in [3.63, 3.8) is 0 Å². The molecule has 3 unspecified atom stereocenters. The minimum Gasteiger partial charge on any atom is -0.338 e. The van der Waals surface area contributed by atoms with Crippen molar-refractivity contribution in [3.05, 3.63) is 18.2 Å². The minimum atomic E-state index is 0.289. The second-order valence-corrected chi connectivity index (χ2v) is 5.17. The lowest BCUT2D eigenvalue weighted by Crippen LogP contribution is -2.32. The van der Waals surface area contributed by atoms with E-state index in [9.17, 15) is 0 Å². The summed E-state index contributed by atoms with van der Waals surface area (Å²) in [6.07, 6.45) is 10.1. The Morgan fingerprint density at radius 3 is 2.94 bits per heavy atom. The Hall–Kier alpha value is -0.830. The Morgan fingerprint density at radius 1 is 1.56 bits per heavy atom. The molecule has 0 saturated heterocycles. The van der Waals surface area contributed by atoms with Gasteiger partial charge >= 0.3 is 0 Å². The van der Waals surface area contributed by atoms with Gasteiger partial charge in [-0.15, -0.1) is 0 Å². The highest BCUT2D eigenvalue weighted by molar-refractivity contribution is 4.96. The van der Waals surface area contributed by atoms with E-state index in [0.29, 0.717) is 5.92 Å². The zero-order valence-electron chi connectivity index (χ0n) is 10.4. The van der Waals surface area contributed by atoms with Crippen LogP contribution in [0, 0.1) is 11.8 Å². The average Bonchev–Trinajstić information content (AvgIpc) is 2.88. The molecule has 1 aromatic heterocycles. The summed E-state index contributed by atoms with van der Waals surface area (Å²) in [6.45, 7) is 2.29. The summed E-state index contributed by atoms with van der Waals surface area (Å²) in [5, 5.41) is 0. The third kappa shape index (κ3) is 2.46. The number of nitrogens with zero attached hydrogens (tertiary/aromatic N) is 2. The summed E-state index contributed by atoms with van der Waals surface area (Å²) >= 11 is 0. The van der Waals surface area contributed by atoms with Crippen molar-refractivity contribution in [2.24, 2.45) is 24.6 Å². The van der Waals surface area contributed by atoms with Crippen molar-refractivity contribution in [1.29, 1.82) is 0 Å². The number of rotatable bonds is 4. The summed E-state index contributed by atoms with van der Waals surface area (Å²) in [7, 11) is 2.04. The van der Waals surface area contributed by atoms with Gasteiger partial charge in [0.25, 0.3) is 0 Å². The van der Waals surface area contributed by atoms with Gasteiger partial charge in [-0.1, -0.05) is 19.8 Å². The first-order chi connectivity index (χ1) is 7.70. The molecular formula is C13H23N3. The van der Waals surface area contributed by atoms with Crippen LogP contribution in [0.4, 0.5) is 0 Å². The molecule has 1 saturated carbocycles. The fourth-order valence-corrected chi connectivity index (χ4v) is 2.84. The van der Waals surface area contributed by atoms with Crippen LogP contribution in [0.5, 0.6) is 0 Å². The monoisotopic (exact) mass is 221 g/mol. The van der Waals surface area contributed by atoms with Gasteiger partial charge in [-0.05, 0) is 24.7 Å². The zero-order chi connectivity index (χ0) is 11.5. The van der Waals surface area contributed by atoms with Gasteiger partial charge in [0.05, 0.1) is 0 Å². The number of nitrogens with two attached hydrogens (primary N) is 1. The van der Waals surface area contributed by atoms with Gasteiger partial charge in [0.2, 0.25) is 0 Å². The van der Waals surface area contributed by atoms with E-state index in [4.69, 9.17) is 5.73 Å². The predicted octanol–water partition coefficient (Wildman–Crippen LogP) is 2.12. The molecule has 0 spiro atoms. The molecule has 3 atom stereocenters. The van der Waals surface area contributed by atoms with Gasteiger partial charge in [-0.2, -0.15) is 0 Å². The Balaban J connectivity index is 1.89. The van der Waals surface area contributed by atoms with Gasteiger partial charge in [-0.3, -0.25) is 0 Å². The standard InChI is InChI=1S/C13H23N3/c1-3-10-4-5-11(8-10)12(14)9-13-15-6-7-16(13)2/h6-7,10-12H,3-5,8-9,14H2,1-2H3. The number of imidazole rings is 1. The fourth-order valence-electron chi connectivity index (χ4n) is 2.84. The second kappa shape index (κ2) is 5.00. The van der Waals surface area contributed by atoms with Crippen LogP contribution in [-0.2, 0) is 13.5 Å². The van der Waals surface area contributed by atoms with E-state index in [-0.39, 0.29) is 6.04 Å². The van der Waals surface area contributed by atoms with Gasteiger partial charge in [0.15, 0.2) is 0 Å². The predicted molar refractivity (Wildman–Crippen MR) is 66.0 cm³/mol. The Morgan fingerprint density at radius 2 is 2.38 bits per heavy atom. The number of hydrogen-bond donors (Lipinski definition) is 1. The molecule has 2 N–H and O–H groups in total. The van der Waals surface area contributed by atoms with Crippen molar-refractivity contribution in [2.75, 3.05) is 0 Å². The first kappa shape index (κ1) is 11.6. The van der Waals surface area contributed by atoms with Gasteiger partial charge in [0, 0.05) is 31.9 Å². The van der Waals surface area contributed by atoms with Crippen molar-refractivity contribution in [3.8, 4) is 0 Å². The van der Waals surface area contributed by atoms with Crippen molar-refractivity contribution in [1.82, 2.24) is 9.55 Å². The summed E-state index contributed by atoms with van der Waals surface area (Å²) in [5.41, 5.74) is 6.30. The lowest BCUT2D eigenvalue weighted by Gasteiger charge is -2.19. The van der Waals surface area contributed by atoms with Gasteiger partial charge in [0.1, 0.15) is 5.82 Å². The Labute approximate surface area is 98.1 Å². The van der Waals surface area contributed by atoms with E-state index in [1.165, 1.54) is 25.7 Å². The van der Waals surface area contributed by atoms with Crippen LogP contribution in [0.15, 0.2) is 12.4 Å².